The summed E-state index contributed by atoms with van der Waals surface area (Å²) in [5.74, 6) is 0.000822. The molecule has 1 aromatic carbocycles. The number of amides is 1. The van der Waals surface area contributed by atoms with Crippen LogP contribution >= 0.6 is 34.4 Å². The summed E-state index contributed by atoms with van der Waals surface area (Å²) in [4.78, 5) is 31.9. The normalized spacial score (nSPS) is 10.9. The van der Waals surface area contributed by atoms with Crippen LogP contribution in [0.2, 0.25) is 0 Å². The van der Waals surface area contributed by atoms with Crippen LogP contribution in [0.1, 0.15) is 0 Å². The second-order valence-electron chi connectivity index (χ2n) is 6.29. The van der Waals surface area contributed by atoms with Crippen LogP contribution in [0.15, 0.2) is 69.8 Å². The van der Waals surface area contributed by atoms with Crippen molar-refractivity contribution in [2.24, 2.45) is 0 Å². The summed E-state index contributed by atoms with van der Waals surface area (Å²) >= 11 is 4.21. The van der Waals surface area contributed by atoms with Gasteiger partial charge in [0.1, 0.15) is 10.6 Å². The highest BCUT2D eigenvalue weighted by molar-refractivity contribution is 7.99. The first-order valence-corrected chi connectivity index (χ1v) is 11.7. The number of hydrogen-bond donors (Lipinski definition) is 2. The molecular weight excluding hydrogens is 438 g/mol. The zero-order chi connectivity index (χ0) is 21.1. The van der Waals surface area contributed by atoms with Crippen molar-refractivity contribution in [1.29, 1.82) is 0 Å². The third-order valence-corrected chi connectivity index (χ3v) is 6.99. The lowest BCUT2D eigenvalue weighted by Gasteiger charge is -2.11. The molecule has 0 atom stereocenters. The molecule has 3 heterocycles. The summed E-state index contributed by atoms with van der Waals surface area (Å²) < 4.78 is 1.55. The van der Waals surface area contributed by atoms with Crippen LogP contribution in [-0.4, -0.2) is 26.3 Å². The van der Waals surface area contributed by atoms with Crippen LogP contribution < -0.4 is 10.9 Å². The lowest BCUT2D eigenvalue weighted by molar-refractivity contribution is -0.113. The Morgan fingerprint density at radius 3 is 2.77 bits per heavy atom. The van der Waals surface area contributed by atoms with Crippen molar-refractivity contribution < 1.29 is 9.90 Å². The molecule has 0 saturated carbocycles. The maximum Gasteiger partial charge on any atom is 0.263 e. The Hall–Kier alpha value is -2.88. The number of carbonyl (C=O) groups excluding carboxylic acids is 1. The Kier molecular flexibility index (Phi) is 6.03. The molecule has 0 saturated heterocycles. The van der Waals surface area contributed by atoms with Gasteiger partial charge in [0.25, 0.3) is 5.56 Å². The summed E-state index contributed by atoms with van der Waals surface area (Å²) in [5.41, 5.74) is 1.34. The van der Waals surface area contributed by atoms with Gasteiger partial charge in [0.05, 0.1) is 11.1 Å². The van der Waals surface area contributed by atoms with Gasteiger partial charge in [-0.1, -0.05) is 23.9 Å². The number of carbonyl (C=O) groups is 1. The number of phenols is 1. The average Bonchev–Trinajstić information content (AvgIpc) is 3.40. The van der Waals surface area contributed by atoms with Crippen molar-refractivity contribution in [3.05, 3.63) is 70.2 Å². The molecule has 9 heteroatoms. The second-order valence-corrected chi connectivity index (χ2v) is 9.04. The Morgan fingerprint density at radius 2 is 2.07 bits per heavy atom. The van der Waals surface area contributed by atoms with Gasteiger partial charge >= 0.3 is 0 Å². The molecule has 0 aliphatic heterocycles. The number of allylic oxidation sites excluding steroid dienone is 1. The Morgan fingerprint density at radius 1 is 1.27 bits per heavy atom. The smallest absolute Gasteiger partial charge is 0.263 e. The molecule has 4 aromatic rings. The van der Waals surface area contributed by atoms with E-state index in [2.05, 4.69) is 16.9 Å². The van der Waals surface area contributed by atoms with Crippen molar-refractivity contribution in [3.8, 4) is 16.2 Å². The van der Waals surface area contributed by atoms with Crippen molar-refractivity contribution >= 4 is 56.2 Å². The van der Waals surface area contributed by atoms with Gasteiger partial charge in [-0.2, -0.15) is 0 Å². The molecule has 4 rings (SSSR count). The number of benzene rings is 1. The fourth-order valence-corrected chi connectivity index (χ4v) is 5.50. The molecule has 2 N–H and O–H groups in total. The molecule has 152 valence electrons. The summed E-state index contributed by atoms with van der Waals surface area (Å²) in [5, 5.41) is 17.1. The van der Waals surface area contributed by atoms with E-state index in [-0.39, 0.29) is 23.0 Å². The standard InChI is InChI=1S/C21H17N3O3S3/c1-2-9-24-20(27)18-15(16-4-3-10-28-16)11-29-19(18)23-21(24)30-12-17(26)22-13-5-7-14(25)8-6-13/h2-8,10-11,25H,1,9,12H2,(H,22,26). The number of nitrogens with one attached hydrogen (secondary N) is 1. The highest BCUT2D eigenvalue weighted by atomic mass is 32.2. The van der Waals surface area contributed by atoms with Crippen molar-refractivity contribution in [3.63, 3.8) is 0 Å². The Labute approximate surface area is 184 Å². The zero-order valence-electron chi connectivity index (χ0n) is 15.7. The number of aromatic nitrogens is 2. The van der Waals surface area contributed by atoms with Crippen molar-refractivity contribution in [2.45, 2.75) is 11.7 Å². The number of thioether (sulfide) groups is 1. The molecule has 0 radical (unpaired) electrons. The van der Waals surface area contributed by atoms with E-state index in [4.69, 9.17) is 0 Å². The summed E-state index contributed by atoms with van der Waals surface area (Å²) in [6.45, 7) is 4.05. The average molecular weight is 456 g/mol. The minimum atomic E-state index is -0.226. The molecule has 30 heavy (non-hydrogen) atoms. The van der Waals surface area contributed by atoms with Crippen molar-refractivity contribution in [1.82, 2.24) is 9.55 Å². The molecule has 0 aliphatic rings. The van der Waals surface area contributed by atoms with E-state index >= 15 is 0 Å². The summed E-state index contributed by atoms with van der Waals surface area (Å²) in [6, 6.07) is 10.2. The molecule has 0 aliphatic carbocycles. The summed E-state index contributed by atoms with van der Waals surface area (Å²) in [6.07, 6.45) is 1.65. The zero-order valence-corrected chi connectivity index (χ0v) is 18.1. The number of hydrogen-bond acceptors (Lipinski definition) is 7. The second kappa shape index (κ2) is 8.86. The molecule has 1 amide bonds. The van der Waals surface area contributed by atoms with Crippen LogP contribution in [0, 0.1) is 0 Å². The quantitative estimate of drug-likeness (QED) is 0.181. The Bertz CT molecular complexity index is 1260. The van der Waals surface area contributed by atoms with E-state index in [9.17, 15) is 14.7 Å². The summed E-state index contributed by atoms with van der Waals surface area (Å²) in [7, 11) is 0. The van der Waals surface area contributed by atoms with Gasteiger partial charge < -0.3 is 10.4 Å². The first-order valence-electron chi connectivity index (χ1n) is 8.95. The number of aromatic hydroxyl groups is 1. The predicted molar refractivity (Wildman–Crippen MR) is 125 cm³/mol. The topological polar surface area (TPSA) is 84.2 Å². The molecule has 0 unspecified atom stereocenters. The van der Waals surface area contributed by atoms with Gasteiger partial charge in [-0.25, -0.2) is 4.98 Å². The van der Waals surface area contributed by atoms with Gasteiger partial charge in [0.2, 0.25) is 5.91 Å². The fourth-order valence-electron chi connectivity index (χ4n) is 2.89. The van der Waals surface area contributed by atoms with Gasteiger partial charge in [0.15, 0.2) is 5.16 Å². The largest absolute Gasteiger partial charge is 0.508 e. The molecular formula is C21H17N3O3S3. The van der Waals surface area contributed by atoms with E-state index in [1.54, 1.807) is 34.1 Å². The molecule has 0 spiro atoms. The predicted octanol–water partition coefficient (Wildman–Crippen LogP) is 4.81. The van der Waals surface area contributed by atoms with Crippen LogP contribution in [0.5, 0.6) is 5.75 Å². The maximum atomic E-state index is 13.2. The minimum absolute atomic E-state index is 0.0964. The highest BCUT2D eigenvalue weighted by Crippen LogP contribution is 2.34. The number of rotatable bonds is 7. The van der Waals surface area contributed by atoms with E-state index in [1.165, 1.54) is 35.2 Å². The van der Waals surface area contributed by atoms with Gasteiger partial charge in [-0.15, -0.1) is 29.3 Å². The van der Waals surface area contributed by atoms with Crippen LogP contribution in [-0.2, 0) is 11.3 Å². The van der Waals surface area contributed by atoms with Gasteiger partial charge in [-0.3, -0.25) is 14.2 Å². The number of phenolic OH excluding ortho intramolecular Hbond substituents is 1. The van der Waals surface area contributed by atoms with Crippen LogP contribution in [0.4, 0.5) is 5.69 Å². The molecule has 0 bridgehead atoms. The lowest BCUT2D eigenvalue weighted by atomic mass is 10.2. The first-order chi connectivity index (χ1) is 14.6. The van der Waals surface area contributed by atoms with Gasteiger partial charge in [-0.05, 0) is 35.7 Å². The lowest BCUT2D eigenvalue weighted by Crippen LogP contribution is -2.23. The number of thiophene rings is 2. The molecule has 6 nitrogen and oxygen atoms in total. The van der Waals surface area contributed by atoms with E-state index in [1.807, 2.05) is 22.9 Å². The minimum Gasteiger partial charge on any atom is -0.508 e. The number of nitrogens with zero attached hydrogens (tertiary/aromatic N) is 2. The maximum absolute atomic E-state index is 13.2. The van der Waals surface area contributed by atoms with Gasteiger partial charge in [0, 0.05) is 28.1 Å². The van der Waals surface area contributed by atoms with Crippen LogP contribution in [0.3, 0.4) is 0 Å². The number of anilines is 1. The highest BCUT2D eigenvalue weighted by Gasteiger charge is 2.18. The fraction of sp³-hybridized carbons (Fsp3) is 0.0952. The Balaban J connectivity index is 1.61. The molecule has 3 aromatic heterocycles. The monoisotopic (exact) mass is 455 g/mol. The van der Waals surface area contributed by atoms with Crippen molar-refractivity contribution in [2.75, 3.05) is 11.1 Å². The van der Waals surface area contributed by atoms with Crippen LogP contribution in [0.25, 0.3) is 20.7 Å². The molecule has 0 fully saturated rings. The van der Waals surface area contributed by atoms with E-state index < -0.39 is 0 Å². The van der Waals surface area contributed by atoms with E-state index in [0.717, 1.165) is 10.4 Å². The SMILES string of the molecule is C=CCn1c(SCC(=O)Nc2ccc(O)cc2)nc2scc(-c3cccs3)c2c1=O. The third kappa shape index (κ3) is 4.18. The first kappa shape index (κ1) is 20.4. The van der Waals surface area contributed by atoms with E-state index in [0.29, 0.717) is 27.6 Å². The number of fused-ring (bicyclic) bond motifs is 1. The third-order valence-electron chi connectivity index (χ3n) is 4.24.